The van der Waals surface area contributed by atoms with Crippen molar-refractivity contribution in [3.63, 3.8) is 0 Å². The second kappa shape index (κ2) is 4.42. The van der Waals surface area contributed by atoms with E-state index in [1.54, 1.807) is 0 Å². The van der Waals surface area contributed by atoms with E-state index >= 15 is 0 Å². The summed E-state index contributed by atoms with van der Waals surface area (Å²) in [4.78, 5) is 4.48. The molecule has 92 valence electrons. The first-order valence-corrected chi connectivity index (χ1v) is 6.31. The Morgan fingerprint density at radius 2 is 2.00 bits per heavy atom. The van der Waals surface area contributed by atoms with Crippen LogP contribution < -0.4 is 5.01 Å². The van der Waals surface area contributed by atoms with E-state index < -0.39 is 0 Å². The molecule has 0 atom stereocenters. The van der Waals surface area contributed by atoms with Crippen molar-refractivity contribution >= 4 is 17.1 Å². The van der Waals surface area contributed by atoms with E-state index in [2.05, 4.69) is 45.9 Å². The minimum absolute atomic E-state index is 1.01. The lowest BCUT2D eigenvalue weighted by Gasteiger charge is -2.42. The highest BCUT2D eigenvalue weighted by Crippen LogP contribution is 2.31. The van der Waals surface area contributed by atoms with Crippen LogP contribution in [0.1, 0.15) is 18.9 Å². The lowest BCUT2D eigenvalue weighted by molar-refractivity contribution is 0.188. The SMILES string of the molecule is C=C1/C=C\N=C(C)N(N2CCC2)c2ccccc21. The molecule has 0 aromatic heterocycles. The van der Waals surface area contributed by atoms with Crippen LogP contribution in [0.25, 0.3) is 5.57 Å². The molecule has 0 amide bonds. The van der Waals surface area contributed by atoms with Crippen molar-refractivity contribution in [2.45, 2.75) is 13.3 Å². The van der Waals surface area contributed by atoms with Crippen LogP contribution in [0.3, 0.4) is 0 Å². The molecule has 2 aliphatic heterocycles. The van der Waals surface area contributed by atoms with Crippen LogP contribution in [0.5, 0.6) is 0 Å². The van der Waals surface area contributed by atoms with Crippen LogP contribution in [-0.4, -0.2) is 23.9 Å². The van der Waals surface area contributed by atoms with Gasteiger partial charge in [0.2, 0.25) is 0 Å². The Bertz CT molecular complexity index is 538. The Morgan fingerprint density at radius 3 is 2.72 bits per heavy atom. The van der Waals surface area contributed by atoms with Gasteiger partial charge in [0.1, 0.15) is 5.84 Å². The third-order valence-electron chi connectivity index (χ3n) is 3.44. The second-order valence-corrected chi connectivity index (χ2v) is 4.65. The molecule has 3 rings (SSSR count). The average Bonchev–Trinajstić information content (AvgIpc) is 2.32. The molecule has 3 nitrogen and oxygen atoms in total. The predicted octanol–water partition coefficient (Wildman–Crippen LogP) is 3.07. The van der Waals surface area contributed by atoms with Gasteiger partial charge in [-0.15, -0.1) is 0 Å². The zero-order valence-corrected chi connectivity index (χ0v) is 10.6. The highest BCUT2D eigenvalue weighted by molar-refractivity contribution is 5.99. The number of para-hydroxylation sites is 1. The van der Waals surface area contributed by atoms with Gasteiger partial charge in [0.25, 0.3) is 0 Å². The molecule has 0 radical (unpaired) electrons. The van der Waals surface area contributed by atoms with Gasteiger partial charge in [-0.05, 0) is 31.1 Å². The number of aliphatic imine (C=N–C) groups is 1. The highest BCUT2D eigenvalue weighted by atomic mass is 15.7. The molecule has 1 aromatic carbocycles. The van der Waals surface area contributed by atoms with Crippen LogP contribution in [0.2, 0.25) is 0 Å². The van der Waals surface area contributed by atoms with Crippen molar-refractivity contribution in [1.82, 2.24) is 5.01 Å². The topological polar surface area (TPSA) is 18.8 Å². The summed E-state index contributed by atoms with van der Waals surface area (Å²) < 4.78 is 0. The van der Waals surface area contributed by atoms with E-state index in [1.807, 2.05) is 19.2 Å². The monoisotopic (exact) mass is 239 g/mol. The summed E-state index contributed by atoms with van der Waals surface area (Å²) in [6, 6.07) is 8.38. The summed E-state index contributed by atoms with van der Waals surface area (Å²) in [7, 11) is 0. The van der Waals surface area contributed by atoms with E-state index in [1.165, 1.54) is 17.7 Å². The van der Waals surface area contributed by atoms with Gasteiger partial charge in [-0.25, -0.2) is 10.0 Å². The molecule has 0 unspecified atom stereocenters. The molecule has 1 saturated heterocycles. The Labute approximate surface area is 108 Å². The van der Waals surface area contributed by atoms with Crippen molar-refractivity contribution < 1.29 is 0 Å². The predicted molar refractivity (Wildman–Crippen MR) is 76.4 cm³/mol. The third-order valence-corrected chi connectivity index (χ3v) is 3.44. The quantitative estimate of drug-likeness (QED) is 0.750. The number of fused-ring (bicyclic) bond motifs is 1. The first kappa shape index (κ1) is 11.2. The van der Waals surface area contributed by atoms with Crippen molar-refractivity contribution in [2.24, 2.45) is 4.99 Å². The molecule has 0 saturated carbocycles. The maximum absolute atomic E-state index is 4.48. The first-order valence-electron chi connectivity index (χ1n) is 6.31. The number of hydrogen-bond acceptors (Lipinski definition) is 3. The number of hydrazine groups is 1. The number of anilines is 1. The fourth-order valence-electron chi connectivity index (χ4n) is 2.34. The molecule has 1 aromatic rings. The minimum atomic E-state index is 1.01. The molecule has 18 heavy (non-hydrogen) atoms. The van der Waals surface area contributed by atoms with Gasteiger partial charge in [0.15, 0.2) is 0 Å². The zero-order chi connectivity index (χ0) is 12.5. The number of nitrogens with zero attached hydrogens (tertiary/aromatic N) is 3. The van der Waals surface area contributed by atoms with Gasteiger partial charge in [-0.3, -0.25) is 5.01 Å². The van der Waals surface area contributed by atoms with Crippen molar-refractivity contribution in [3.8, 4) is 0 Å². The van der Waals surface area contributed by atoms with E-state index in [9.17, 15) is 0 Å². The van der Waals surface area contributed by atoms with Gasteiger partial charge < -0.3 is 0 Å². The van der Waals surface area contributed by atoms with E-state index in [4.69, 9.17) is 0 Å². The molecule has 0 N–H and O–H groups in total. The van der Waals surface area contributed by atoms with Gasteiger partial charge in [0, 0.05) is 24.9 Å². The van der Waals surface area contributed by atoms with Gasteiger partial charge in [-0.1, -0.05) is 24.8 Å². The summed E-state index contributed by atoms with van der Waals surface area (Å²) in [5.74, 6) is 1.01. The van der Waals surface area contributed by atoms with Crippen molar-refractivity contribution in [1.29, 1.82) is 0 Å². The Hall–Kier alpha value is -1.87. The van der Waals surface area contributed by atoms with E-state index in [-0.39, 0.29) is 0 Å². The molecule has 2 aliphatic rings. The zero-order valence-electron chi connectivity index (χ0n) is 10.6. The normalized spacial score (nSPS) is 21.5. The standard InChI is InChI=1S/C15H17N3/c1-12-8-9-16-13(2)18(17-10-5-11-17)15-7-4-3-6-14(12)15/h3-4,6-9H,1,5,10-11H2,2H3/b9-8-,16-13?. The largest absolute Gasteiger partial charge is 0.260 e. The van der Waals surface area contributed by atoms with Crippen molar-refractivity contribution in [2.75, 3.05) is 18.1 Å². The molecule has 0 bridgehead atoms. The molecule has 3 heteroatoms. The third kappa shape index (κ3) is 1.77. The maximum Gasteiger partial charge on any atom is 0.120 e. The average molecular weight is 239 g/mol. The number of benzene rings is 1. The van der Waals surface area contributed by atoms with Crippen LogP contribution in [0.15, 0.2) is 48.1 Å². The van der Waals surface area contributed by atoms with Crippen LogP contribution in [0, 0.1) is 0 Å². The van der Waals surface area contributed by atoms with Crippen LogP contribution >= 0.6 is 0 Å². The molecule has 1 fully saturated rings. The molecular formula is C15H17N3. The van der Waals surface area contributed by atoms with Gasteiger partial charge in [-0.2, -0.15) is 0 Å². The van der Waals surface area contributed by atoms with Crippen LogP contribution in [0.4, 0.5) is 5.69 Å². The maximum atomic E-state index is 4.48. The van der Waals surface area contributed by atoms with Crippen molar-refractivity contribution in [3.05, 3.63) is 48.7 Å². The summed E-state index contributed by atoms with van der Waals surface area (Å²) in [5, 5.41) is 4.54. The van der Waals surface area contributed by atoms with Gasteiger partial charge >= 0.3 is 0 Å². The molecular weight excluding hydrogens is 222 g/mol. The smallest absolute Gasteiger partial charge is 0.120 e. The summed E-state index contributed by atoms with van der Waals surface area (Å²) in [6.07, 6.45) is 5.05. The van der Waals surface area contributed by atoms with Crippen LogP contribution in [-0.2, 0) is 0 Å². The van der Waals surface area contributed by atoms with Gasteiger partial charge in [0.05, 0.1) is 5.69 Å². The van der Waals surface area contributed by atoms with E-state index in [0.29, 0.717) is 0 Å². The highest BCUT2D eigenvalue weighted by Gasteiger charge is 2.26. The number of hydrogen-bond donors (Lipinski definition) is 0. The minimum Gasteiger partial charge on any atom is -0.260 e. The summed E-state index contributed by atoms with van der Waals surface area (Å²) in [5.41, 5.74) is 3.36. The summed E-state index contributed by atoms with van der Waals surface area (Å²) >= 11 is 0. The lowest BCUT2D eigenvalue weighted by atomic mass is 10.0. The number of amidine groups is 1. The fourth-order valence-corrected chi connectivity index (χ4v) is 2.34. The number of allylic oxidation sites excluding steroid dienone is 2. The molecule has 0 spiro atoms. The van der Waals surface area contributed by atoms with E-state index in [0.717, 1.165) is 24.5 Å². The second-order valence-electron chi connectivity index (χ2n) is 4.65. The first-order chi connectivity index (χ1) is 8.77. The molecule has 2 heterocycles. The Morgan fingerprint density at radius 1 is 1.22 bits per heavy atom. The molecule has 0 aliphatic carbocycles. The Kier molecular flexibility index (Phi) is 2.76. The fraction of sp³-hybridized carbons (Fsp3) is 0.267. The lowest BCUT2D eigenvalue weighted by Crippen LogP contribution is -2.53. The Balaban J connectivity index is 2.14. The summed E-state index contributed by atoms with van der Waals surface area (Å²) in [6.45, 7) is 8.36. The number of rotatable bonds is 1.